The molecule has 3 rings (SSSR count). The van der Waals surface area contributed by atoms with Crippen molar-refractivity contribution in [3.8, 4) is 11.5 Å². The van der Waals surface area contributed by atoms with Gasteiger partial charge in [-0.2, -0.15) is 0 Å². The smallest absolute Gasteiger partial charge is 0.225 e. The zero-order valence-corrected chi connectivity index (χ0v) is 15.6. The molecule has 1 aliphatic heterocycles. The van der Waals surface area contributed by atoms with Crippen LogP contribution in [0.25, 0.3) is 0 Å². The second-order valence-electron chi connectivity index (χ2n) is 7.23. The predicted octanol–water partition coefficient (Wildman–Crippen LogP) is 2.83. The molecule has 1 aromatic carbocycles. The quantitative estimate of drug-likeness (QED) is 0.825. The summed E-state index contributed by atoms with van der Waals surface area (Å²) >= 11 is 0. The van der Waals surface area contributed by atoms with Crippen LogP contribution in [0.3, 0.4) is 0 Å². The van der Waals surface area contributed by atoms with Crippen LogP contribution >= 0.6 is 0 Å². The van der Waals surface area contributed by atoms with Gasteiger partial charge >= 0.3 is 0 Å². The first-order valence-electron chi connectivity index (χ1n) is 9.44. The molecule has 1 saturated heterocycles. The Balaban J connectivity index is 1.52. The lowest BCUT2D eigenvalue weighted by Crippen LogP contribution is -2.50. The summed E-state index contributed by atoms with van der Waals surface area (Å²) in [6, 6.07) is 6.53. The number of hydrogen-bond acceptors (Lipinski definition) is 4. The van der Waals surface area contributed by atoms with Gasteiger partial charge in [-0.05, 0) is 49.8 Å². The Morgan fingerprint density at radius 3 is 2.72 bits per heavy atom. The summed E-state index contributed by atoms with van der Waals surface area (Å²) in [5, 5.41) is 3.66. The molecule has 1 heterocycles. The second kappa shape index (κ2) is 8.09. The zero-order chi connectivity index (χ0) is 17.8. The Morgan fingerprint density at radius 1 is 1.28 bits per heavy atom. The molecule has 1 aromatic rings. The molecular weight excluding hydrogens is 316 g/mol. The highest BCUT2D eigenvalue weighted by Gasteiger charge is 2.36. The van der Waals surface area contributed by atoms with Crippen molar-refractivity contribution in [2.45, 2.75) is 45.7 Å². The first kappa shape index (κ1) is 18.1. The van der Waals surface area contributed by atoms with E-state index in [1.54, 1.807) is 7.11 Å². The number of hydrogen-bond donors (Lipinski definition) is 1. The molecule has 0 unspecified atom stereocenters. The summed E-state index contributed by atoms with van der Waals surface area (Å²) in [5.41, 5.74) is 1.18. The topological polar surface area (TPSA) is 50.8 Å². The predicted molar refractivity (Wildman–Crippen MR) is 97.9 cm³/mol. The van der Waals surface area contributed by atoms with Crippen molar-refractivity contribution in [2.75, 3.05) is 26.8 Å². The number of methoxy groups -OCH3 is 1. The Morgan fingerprint density at radius 2 is 2.08 bits per heavy atom. The van der Waals surface area contributed by atoms with Gasteiger partial charge in [0.1, 0.15) is 0 Å². The van der Waals surface area contributed by atoms with Crippen molar-refractivity contribution >= 4 is 5.91 Å². The highest BCUT2D eigenvalue weighted by atomic mass is 16.5. The molecule has 1 N–H and O–H groups in total. The number of carbonyl (C=O) groups excluding carboxylic acids is 1. The van der Waals surface area contributed by atoms with Crippen molar-refractivity contribution in [3.63, 3.8) is 0 Å². The molecule has 1 saturated carbocycles. The van der Waals surface area contributed by atoms with Crippen molar-refractivity contribution in [1.82, 2.24) is 10.2 Å². The molecule has 2 fully saturated rings. The van der Waals surface area contributed by atoms with Gasteiger partial charge in [-0.15, -0.1) is 0 Å². The average molecular weight is 346 g/mol. The summed E-state index contributed by atoms with van der Waals surface area (Å²) in [7, 11) is 1.67. The number of nitrogens with one attached hydrogen (secondary N) is 1. The number of ether oxygens (including phenoxy) is 2. The van der Waals surface area contributed by atoms with E-state index in [1.807, 2.05) is 19.1 Å². The van der Waals surface area contributed by atoms with Gasteiger partial charge in [-0.1, -0.05) is 13.0 Å². The lowest BCUT2D eigenvalue weighted by molar-refractivity contribution is -0.134. The van der Waals surface area contributed by atoms with Crippen LogP contribution in [0.15, 0.2) is 18.2 Å². The van der Waals surface area contributed by atoms with Gasteiger partial charge in [0.25, 0.3) is 0 Å². The van der Waals surface area contributed by atoms with E-state index in [0.717, 1.165) is 50.4 Å². The largest absolute Gasteiger partial charge is 0.493 e. The highest BCUT2D eigenvalue weighted by Crippen LogP contribution is 2.32. The molecule has 138 valence electrons. The maximum absolute atomic E-state index is 12.2. The molecule has 0 bridgehead atoms. The number of likely N-dealkylation sites (tertiary alicyclic amines) is 1. The SMILES string of the molecule is CCOc1ccc(CN[C@H]2CCN(C(=O)C3CC3)C[C@@H]2C)cc1OC. The van der Waals surface area contributed by atoms with Gasteiger partial charge in [-0.3, -0.25) is 4.79 Å². The van der Waals surface area contributed by atoms with Crippen LogP contribution in [-0.4, -0.2) is 43.7 Å². The Bertz CT molecular complexity index is 601. The molecule has 0 spiro atoms. The second-order valence-corrected chi connectivity index (χ2v) is 7.23. The molecule has 0 aromatic heterocycles. The number of rotatable bonds is 7. The van der Waals surface area contributed by atoms with E-state index in [4.69, 9.17) is 9.47 Å². The van der Waals surface area contributed by atoms with Crippen molar-refractivity contribution < 1.29 is 14.3 Å². The van der Waals surface area contributed by atoms with Gasteiger partial charge in [-0.25, -0.2) is 0 Å². The maximum atomic E-state index is 12.2. The average Bonchev–Trinajstić information content (AvgIpc) is 3.46. The van der Waals surface area contributed by atoms with E-state index in [2.05, 4.69) is 23.2 Å². The standard InChI is InChI=1S/C20H30N2O3/c1-4-25-18-8-5-15(11-19(18)24-3)12-21-17-9-10-22(13-14(17)2)20(23)16-6-7-16/h5,8,11,14,16-17,21H,4,6-7,9-10,12-13H2,1-3H3/t14-,17-/m0/s1. The van der Waals surface area contributed by atoms with Gasteiger partial charge in [0.15, 0.2) is 11.5 Å². The monoisotopic (exact) mass is 346 g/mol. The first-order chi connectivity index (χ1) is 12.1. The lowest BCUT2D eigenvalue weighted by atomic mass is 9.93. The minimum absolute atomic E-state index is 0.327. The van der Waals surface area contributed by atoms with E-state index in [0.29, 0.717) is 30.4 Å². The summed E-state index contributed by atoms with van der Waals surface area (Å²) < 4.78 is 11.0. The van der Waals surface area contributed by atoms with E-state index < -0.39 is 0 Å². The molecule has 5 heteroatoms. The fraction of sp³-hybridized carbons (Fsp3) is 0.650. The van der Waals surface area contributed by atoms with Gasteiger partial charge in [0.05, 0.1) is 13.7 Å². The molecule has 5 nitrogen and oxygen atoms in total. The summed E-state index contributed by atoms with van der Waals surface area (Å²) in [6.07, 6.45) is 3.20. The molecule has 1 aliphatic carbocycles. The minimum Gasteiger partial charge on any atom is -0.493 e. The maximum Gasteiger partial charge on any atom is 0.225 e. The number of piperidine rings is 1. The highest BCUT2D eigenvalue weighted by molar-refractivity contribution is 5.81. The summed E-state index contributed by atoms with van der Waals surface area (Å²) in [5.74, 6) is 2.74. The number of amides is 1. The normalized spacial score (nSPS) is 23.4. The Kier molecular flexibility index (Phi) is 5.84. The Labute approximate surface area is 150 Å². The summed E-state index contributed by atoms with van der Waals surface area (Å²) in [6.45, 7) is 7.39. The summed E-state index contributed by atoms with van der Waals surface area (Å²) in [4.78, 5) is 14.3. The first-order valence-corrected chi connectivity index (χ1v) is 9.44. The van der Waals surface area contributed by atoms with E-state index in [-0.39, 0.29) is 0 Å². The van der Waals surface area contributed by atoms with Crippen LogP contribution in [0.1, 0.15) is 38.7 Å². The van der Waals surface area contributed by atoms with E-state index >= 15 is 0 Å². The molecule has 2 aliphatic rings. The molecule has 25 heavy (non-hydrogen) atoms. The van der Waals surface area contributed by atoms with E-state index in [1.165, 1.54) is 5.56 Å². The van der Waals surface area contributed by atoms with Crippen LogP contribution in [0.5, 0.6) is 11.5 Å². The van der Waals surface area contributed by atoms with Crippen molar-refractivity contribution in [1.29, 1.82) is 0 Å². The van der Waals surface area contributed by atoms with Crippen LogP contribution in [0.4, 0.5) is 0 Å². The van der Waals surface area contributed by atoms with Crippen molar-refractivity contribution in [2.24, 2.45) is 11.8 Å². The number of carbonyl (C=O) groups is 1. The molecule has 0 radical (unpaired) electrons. The van der Waals surface area contributed by atoms with Crippen LogP contribution in [0, 0.1) is 11.8 Å². The third-order valence-electron chi connectivity index (χ3n) is 5.24. The van der Waals surface area contributed by atoms with Crippen LogP contribution < -0.4 is 14.8 Å². The van der Waals surface area contributed by atoms with Gasteiger partial charge < -0.3 is 19.7 Å². The van der Waals surface area contributed by atoms with E-state index in [9.17, 15) is 4.79 Å². The Hall–Kier alpha value is -1.75. The molecule has 2 atom stereocenters. The fourth-order valence-corrected chi connectivity index (χ4v) is 3.58. The third-order valence-corrected chi connectivity index (χ3v) is 5.24. The van der Waals surface area contributed by atoms with Gasteiger partial charge in [0, 0.05) is 31.6 Å². The molecular formula is C20H30N2O3. The van der Waals surface area contributed by atoms with Gasteiger partial charge in [0.2, 0.25) is 5.91 Å². The number of nitrogens with zero attached hydrogens (tertiary/aromatic N) is 1. The number of benzene rings is 1. The third kappa shape index (κ3) is 4.46. The van der Waals surface area contributed by atoms with Crippen LogP contribution in [0.2, 0.25) is 0 Å². The van der Waals surface area contributed by atoms with Crippen molar-refractivity contribution in [3.05, 3.63) is 23.8 Å². The minimum atomic E-state index is 0.327. The molecule has 1 amide bonds. The fourth-order valence-electron chi connectivity index (χ4n) is 3.58. The van der Waals surface area contributed by atoms with Crippen LogP contribution in [-0.2, 0) is 11.3 Å². The lowest BCUT2D eigenvalue weighted by Gasteiger charge is -2.37. The zero-order valence-electron chi connectivity index (χ0n) is 15.6.